The number of phosphoric ester groups is 1. The van der Waals surface area contributed by atoms with Gasteiger partial charge in [0.05, 0.1) is 54.2 Å². The van der Waals surface area contributed by atoms with Crippen molar-refractivity contribution < 1.29 is 80.2 Å². The highest BCUT2D eigenvalue weighted by Crippen LogP contribution is 2.43. The zero-order valence-corrected chi connectivity index (χ0v) is 43.8. The first-order valence-corrected chi connectivity index (χ1v) is 27.5. The van der Waals surface area contributed by atoms with Crippen LogP contribution in [-0.4, -0.2) is 125 Å². The quantitative estimate of drug-likeness (QED) is 0.0197. The SMILES string of the molecule is CCCCCCCCCCOC(=O)CCCC(=O)OCCCCCC(=O)OC[C@H](COP(=O)(O)OCC[N+](C)(C)C)OC(=O)CCCCCOC(=O)CCCC(=O)OCCCCCCCCCC. The largest absolute Gasteiger partial charge is 0.472 e. The van der Waals surface area contributed by atoms with E-state index in [1.54, 1.807) is 0 Å². The number of phosphoric acid groups is 1. The van der Waals surface area contributed by atoms with Gasteiger partial charge in [-0.05, 0) is 64.2 Å². The van der Waals surface area contributed by atoms with E-state index in [9.17, 15) is 38.2 Å². The van der Waals surface area contributed by atoms with Gasteiger partial charge >= 0.3 is 43.6 Å². The molecule has 0 amide bonds. The summed E-state index contributed by atoms with van der Waals surface area (Å²) in [5, 5.41) is 0. The van der Waals surface area contributed by atoms with Gasteiger partial charge in [-0.15, -0.1) is 0 Å². The number of ether oxygens (including phenoxy) is 6. The monoisotopic (exact) mass is 995 g/mol. The van der Waals surface area contributed by atoms with E-state index in [0.29, 0.717) is 75.6 Å². The molecular formula is C50H93NO16P+. The summed E-state index contributed by atoms with van der Waals surface area (Å²) in [5.74, 6) is -2.64. The molecule has 0 aliphatic rings. The lowest BCUT2D eigenvalue weighted by Crippen LogP contribution is -2.37. The Labute approximate surface area is 409 Å². The van der Waals surface area contributed by atoms with Crippen LogP contribution in [-0.2, 0) is 70.8 Å². The average Bonchev–Trinajstić information content (AvgIpc) is 3.28. The second kappa shape index (κ2) is 43.9. The van der Waals surface area contributed by atoms with Gasteiger partial charge < -0.3 is 37.8 Å². The van der Waals surface area contributed by atoms with Crippen molar-refractivity contribution in [2.45, 2.75) is 213 Å². The minimum absolute atomic E-state index is 0.00718. The van der Waals surface area contributed by atoms with Crippen LogP contribution >= 0.6 is 7.82 Å². The van der Waals surface area contributed by atoms with Gasteiger partial charge in [0.1, 0.15) is 19.8 Å². The minimum Gasteiger partial charge on any atom is -0.466 e. The molecule has 0 aliphatic carbocycles. The van der Waals surface area contributed by atoms with Crippen LogP contribution in [0.3, 0.4) is 0 Å². The minimum atomic E-state index is -4.51. The lowest BCUT2D eigenvalue weighted by atomic mass is 10.1. The molecule has 0 saturated heterocycles. The van der Waals surface area contributed by atoms with E-state index in [0.717, 1.165) is 38.5 Å². The summed E-state index contributed by atoms with van der Waals surface area (Å²) in [6, 6.07) is 0. The Morgan fingerprint density at radius 3 is 1.10 bits per heavy atom. The Morgan fingerprint density at radius 2 is 0.721 bits per heavy atom. The number of quaternary nitrogens is 1. The van der Waals surface area contributed by atoms with Crippen LogP contribution in [0.4, 0.5) is 0 Å². The molecule has 398 valence electrons. The maximum atomic E-state index is 12.7. The third-order valence-corrected chi connectivity index (χ3v) is 11.8. The van der Waals surface area contributed by atoms with Gasteiger partial charge in [0.25, 0.3) is 0 Å². The molecule has 0 rings (SSSR count). The van der Waals surface area contributed by atoms with Crippen molar-refractivity contribution in [1.29, 1.82) is 0 Å². The lowest BCUT2D eigenvalue weighted by molar-refractivity contribution is -0.870. The van der Waals surface area contributed by atoms with Crippen LogP contribution in [0.25, 0.3) is 0 Å². The first kappa shape index (κ1) is 64.9. The van der Waals surface area contributed by atoms with Gasteiger partial charge in [0, 0.05) is 38.5 Å². The number of esters is 6. The molecule has 2 atom stereocenters. The molecule has 0 radical (unpaired) electrons. The summed E-state index contributed by atoms with van der Waals surface area (Å²) in [4.78, 5) is 83.6. The van der Waals surface area contributed by atoms with Crippen LogP contribution in [0.15, 0.2) is 0 Å². The predicted octanol–water partition coefficient (Wildman–Crippen LogP) is 10.2. The summed E-state index contributed by atoms with van der Waals surface area (Å²) in [7, 11) is 1.17. The van der Waals surface area contributed by atoms with Gasteiger partial charge in [-0.25, -0.2) is 4.57 Å². The fraction of sp³-hybridized carbons (Fsp3) is 0.880. The van der Waals surface area contributed by atoms with E-state index in [1.165, 1.54) is 64.2 Å². The van der Waals surface area contributed by atoms with Crippen LogP contribution in [0.2, 0.25) is 0 Å². The van der Waals surface area contributed by atoms with Gasteiger partial charge in [0.2, 0.25) is 0 Å². The standard InChI is InChI=1S/C50H92NO16P/c1-6-8-10-12-14-16-18-24-37-60-45(52)32-28-34-47(54)62-39-26-20-22-30-49(56)64-42-44(43-66-68(58,59)65-41-36-51(3,4)5)67-50(57)31-23-21-27-40-63-48(55)35-29-33-46(53)61-38-25-19-17-15-13-11-9-7-2/h44H,6-43H2,1-5H3/p+1/t44-/m1/s1. The van der Waals surface area contributed by atoms with Gasteiger partial charge in [0.15, 0.2) is 6.10 Å². The normalized spacial score (nSPS) is 12.7. The summed E-state index contributed by atoms with van der Waals surface area (Å²) >= 11 is 0. The van der Waals surface area contributed by atoms with Crippen molar-refractivity contribution in [3.05, 3.63) is 0 Å². The van der Waals surface area contributed by atoms with E-state index in [-0.39, 0.29) is 70.3 Å². The van der Waals surface area contributed by atoms with E-state index in [1.807, 2.05) is 21.1 Å². The molecule has 17 nitrogen and oxygen atoms in total. The fourth-order valence-electron chi connectivity index (χ4n) is 6.62. The van der Waals surface area contributed by atoms with E-state index >= 15 is 0 Å². The smallest absolute Gasteiger partial charge is 0.466 e. The molecule has 1 unspecified atom stereocenters. The van der Waals surface area contributed by atoms with Crippen molar-refractivity contribution in [3.63, 3.8) is 0 Å². The van der Waals surface area contributed by atoms with Crippen LogP contribution in [0.5, 0.6) is 0 Å². The van der Waals surface area contributed by atoms with E-state index < -0.39 is 51.0 Å². The molecule has 0 spiro atoms. The van der Waals surface area contributed by atoms with Crippen molar-refractivity contribution in [1.82, 2.24) is 0 Å². The number of carbonyl (C=O) groups excluding carboxylic acids is 6. The van der Waals surface area contributed by atoms with Gasteiger partial charge in [-0.1, -0.05) is 104 Å². The Kier molecular flexibility index (Phi) is 41.9. The van der Waals surface area contributed by atoms with Crippen molar-refractivity contribution >= 4 is 43.6 Å². The maximum absolute atomic E-state index is 12.7. The molecule has 68 heavy (non-hydrogen) atoms. The van der Waals surface area contributed by atoms with Crippen molar-refractivity contribution in [2.24, 2.45) is 0 Å². The lowest BCUT2D eigenvalue weighted by Gasteiger charge is -2.24. The first-order valence-electron chi connectivity index (χ1n) is 26.0. The summed E-state index contributed by atoms with van der Waals surface area (Å²) < 4.78 is 55.0. The van der Waals surface area contributed by atoms with Gasteiger partial charge in [-0.2, -0.15) is 0 Å². The second-order valence-corrected chi connectivity index (χ2v) is 20.0. The number of likely N-dealkylation sites (N-methyl/N-ethyl adjacent to an activating group) is 1. The van der Waals surface area contributed by atoms with Crippen molar-refractivity contribution in [3.8, 4) is 0 Å². The highest BCUT2D eigenvalue weighted by Gasteiger charge is 2.27. The third kappa shape index (κ3) is 46.6. The average molecular weight is 995 g/mol. The van der Waals surface area contributed by atoms with Crippen molar-refractivity contribution in [2.75, 3.05) is 73.9 Å². The molecule has 0 bridgehead atoms. The molecule has 1 N–H and O–H groups in total. The Balaban J connectivity index is 4.41. The summed E-state index contributed by atoms with van der Waals surface area (Å²) in [5.41, 5.74) is 0. The summed E-state index contributed by atoms with van der Waals surface area (Å²) in [6.45, 7) is 4.93. The molecule has 0 fully saturated rings. The number of hydrogen-bond donors (Lipinski definition) is 1. The van der Waals surface area contributed by atoms with Crippen LogP contribution in [0, 0.1) is 0 Å². The fourth-order valence-corrected chi connectivity index (χ4v) is 7.36. The first-order chi connectivity index (χ1) is 32.6. The topological polar surface area (TPSA) is 214 Å². The van der Waals surface area contributed by atoms with Gasteiger partial charge in [-0.3, -0.25) is 37.8 Å². The number of hydrogen-bond acceptors (Lipinski definition) is 15. The molecule has 0 aliphatic heterocycles. The van der Waals surface area contributed by atoms with Crippen LogP contribution < -0.4 is 0 Å². The number of unbranched alkanes of at least 4 members (excludes halogenated alkanes) is 18. The Bertz CT molecular complexity index is 1370. The number of nitrogens with zero attached hydrogens (tertiary/aromatic N) is 1. The molecule has 0 aromatic heterocycles. The van der Waals surface area contributed by atoms with Crippen LogP contribution in [0.1, 0.15) is 206 Å². The zero-order chi connectivity index (χ0) is 50.6. The summed E-state index contributed by atoms with van der Waals surface area (Å²) in [6.07, 6.45) is 21.7. The second-order valence-electron chi connectivity index (χ2n) is 18.6. The molecular weight excluding hydrogens is 902 g/mol. The highest BCUT2D eigenvalue weighted by molar-refractivity contribution is 7.47. The molecule has 0 aromatic rings. The highest BCUT2D eigenvalue weighted by atomic mass is 31.2. The number of rotatable bonds is 48. The molecule has 0 aromatic carbocycles. The third-order valence-electron chi connectivity index (χ3n) is 10.8. The Morgan fingerprint density at radius 1 is 0.397 bits per heavy atom. The zero-order valence-electron chi connectivity index (χ0n) is 42.9. The molecule has 18 heteroatoms. The maximum Gasteiger partial charge on any atom is 0.472 e. The Hall–Kier alpha value is -3.11. The molecule has 0 saturated carbocycles. The predicted molar refractivity (Wildman–Crippen MR) is 259 cm³/mol. The number of carbonyl (C=O) groups is 6. The molecule has 0 heterocycles. The van der Waals surface area contributed by atoms with E-state index in [2.05, 4.69) is 13.8 Å². The van der Waals surface area contributed by atoms with E-state index in [4.69, 9.17) is 37.5 Å².